The maximum atomic E-state index is 8.30. The van der Waals surface area contributed by atoms with Crippen LogP contribution in [0.5, 0.6) is 0 Å². The minimum Gasteiger partial charge on any atom is -0.370 e. The lowest BCUT2D eigenvalue weighted by Crippen LogP contribution is -2.05. The van der Waals surface area contributed by atoms with Crippen LogP contribution in [0.15, 0.2) is 18.2 Å². The van der Waals surface area contributed by atoms with E-state index in [-0.39, 0.29) is 0 Å². The molecule has 0 saturated carbocycles. The van der Waals surface area contributed by atoms with E-state index < -0.39 is 0 Å². The molecule has 1 aromatic rings. The summed E-state index contributed by atoms with van der Waals surface area (Å²) < 4.78 is 0. The molecule has 0 spiro atoms. The zero-order valence-electron chi connectivity index (χ0n) is 7.11. The van der Waals surface area contributed by atoms with Crippen molar-refractivity contribution in [3.8, 4) is 6.07 Å². The second-order valence-electron chi connectivity index (χ2n) is 2.53. The number of allylic oxidation sites excluding steroid dienone is 1. The van der Waals surface area contributed by atoms with E-state index in [9.17, 15) is 0 Å². The van der Waals surface area contributed by atoms with Crippen LogP contribution in [0, 0.1) is 11.3 Å². The van der Waals surface area contributed by atoms with Gasteiger partial charge < -0.3 is 4.90 Å². The summed E-state index contributed by atoms with van der Waals surface area (Å²) in [7, 11) is 4.01. The first-order valence-electron chi connectivity index (χ1n) is 3.57. The van der Waals surface area contributed by atoms with Crippen LogP contribution in [0.3, 0.4) is 0 Å². The Labute approximate surface area is 76.4 Å². The van der Waals surface area contributed by atoms with E-state index in [1.54, 1.807) is 11.3 Å². The molecule has 12 heavy (non-hydrogen) atoms. The largest absolute Gasteiger partial charge is 0.370 e. The van der Waals surface area contributed by atoms with E-state index in [1.165, 1.54) is 11.1 Å². The molecule has 0 aliphatic heterocycles. The predicted octanol–water partition coefficient (Wildman–Crippen LogP) is 2.35. The minimum absolute atomic E-state index is 1.11. The Kier molecular flexibility index (Phi) is 2.89. The number of rotatable bonds is 2. The standard InChI is InChI=1S/C9H10N2S/c1-11(2)9-6-5-8(12-9)4-3-7-10/h3-6H,1-2H3. The van der Waals surface area contributed by atoms with Gasteiger partial charge in [-0.15, -0.1) is 11.3 Å². The number of anilines is 1. The molecule has 62 valence electrons. The summed E-state index contributed by atoms with van der Waals surface area (Å²) >= 11 is 1.67. The van der Waals surface area contributed by atoms with Crippen molar-refractivity contribution in [1.29, 1.82) is 5.26 Å². The van der Waals surface area contributed by atoms with Crippen molar-refractivity contribution in [1.82, 2.24) is 0 Å². The van der Waals surface area contributed by atoms with Gasteiger partial charge in [-0.05, 0) is 18.2 Å². The van der Waals surface area contributed by atoms with Gasteiger partial charge in [-0.25, -0.2) is 0 Å². The molecule has 3 heteroatoms. The van der Waals surface area contributed by atoms with Gasteiger partial charge >= 0.3 is 0 Å². The van der Waals surface area contributed by atoms with Crippen LogP contribution in [0.1, 0.15) is 4.88 Å². The molecule has 0 amide bonds. The highest BCUT2D eigenvalue weighted by molar-refractivity contribution is 7.16. The quantitative estimate of drug-likeness (QED) is 0.650. The van der Waals surface area contributed by atoms with E-state index >= 15 is 0 Å². The first kappa shape index (κ1) is 8.82. The smallest absolute Gasteiger partial charge is 0.0912 e. The molecule has 0 radical (unpaired) electrons. The Morgan fingerprint density at radius 1 is 1.50 bits per heavy atom. The first-order chi connectivity index (χ1) is 5.74. The molecule has 0 atom stereocenters. The van der Waals surface area contributed by atoms with Gasteiger partial charge in [0.2, 0.25) is 0 Å². The lowest BCUT2D eigenvalue weighted by molar-refractivity contribution is 1.16. The van der Waals surface area contributed by atoms with Gasteiger partial charge in [0.1, 0.15) is 0 Å². The average Bonchev–Trinajstić information content (AvgIpc) is 2.48. The topological polar surface area (TPSA) is 27.0 Å². The van der Waals surface area contributed by atoms with Crippen LogP contribution < -0.4 is 4.90 Å². The first-order valence-corrected chi connectivity index (χ1v) is 4.39. The summed E-state index contributed by atoms with van der Waals surface area (Å²) in [5.74, 6) is 0. The van der Waals surface area contributed by atoms with Gasteiger partial charge in [-0.2, -0.15) is 5.26 Å². The van der Waals surface area contributed by atoms with E-state index in [4.69, 9.17) is 5.26 Å². The normalized spacial score (nSPS) is 10.1. The van der Waals surface area contributed by atoms with Crippen LogP contribution in [-0.4, -0.2) is 14.1 Å². The maximum absolute atomic E-state index is 8.30. The van der Waals surface area contributed by atoms with Crippen LogP contribution in [0.4, 0.5) is 5.00 Å². The predicted molar refractivity (Wildman–Crippen MR) is 53.3 cm³/mol. The van der Waals surface area contributed by atoms with E-state index in [0.717, 1.165) is 4.88 Å². The summed E-state index contributed by atoms with van der Waals surface area (Å²) in [4.78, 5) is 3.16. The van der Waals surface area contributed by atoms with Crippen molar-refractivity contribution in [3.63, 3.8) is 0 Å². The van der Waals surface area contributed by atoms with Gasteiger partial charge in [-0.1, -0.05) is 0 Å². The third kappa shape index (κ3) is 2.11. The second kappa shape index (κ2) is 3.93. The van der Waals surface area contributed by atoms with Crippen molar-refractivity contribution in [2.45, 2.75) is 0 Å². The zero-order valence-corrected chi connectivity index (χ0v) is 7.93. The molecule has 2 nitrogen and oxygen atoms in total. The monoisotopic (exact) mass is 178 g/mol. The summed E-state index contributed by atoms with van der Waals surface area (Å²) in [6.45, 7) is 0. The molecule has 0 bridgehead atoms. The molecule has 0 unspecified atom stereocenters. The Morgan fingerprint density at radius 2 is 2.25 bits per heavy atom. The Balaban J connectivity index is 2.79. The highest BCUT2D eigenvalue weighted by atomic mass is 32.1. The summed E-state index contributed by atoms with van der Waals surface area (Å²) in [6.07, 6.45) is 3.31. The fraction of sp³-hybridized carbons (Fsp3) is 0.222. The third-order valence-electron chi connectivity index (χ3n) is 1.38. The van der Waals surface area contributed by atoms with Gasteiger partial charge in [-0.3, -0.25) is 0 Å². The Morgan fingerprint density at radius 3 is 2.75 bits per heavy atom. The van der Waals surface area contributed by atoms with Crippen LogP contribution in [-0.2, 0) is 0 Å². The van der Waals surface area contributed by atoms with Crippen molar-refractivity contribution in [2.24, 2.45) is 0 Å². The number of thiophene rings is 1. The van der Waals surface area contributed by atoms with Crippen LogP contribution >= 0.6 is 11.3 Å². The second-order valence-corrected chi connectivity index (χ2v) is 3.63. The third-order valence-corrected chi connectivity index (χ3v) is 2.59. The number of nitriles is 1. The van der Waals surface area contributed by atoms with Gasteiger partial charge in [0.15, 0.2) is 0 Å². The highest BCUT2D eigenvalue weighted by Gasteiger charge is 1.97. The molecule has 0 fully saturated rings. The van der Waals surface area contributed by atoms with Crippen molar-refractivity contribution in [2.75, 3.05) is 19.0 Å². The molecule has 0 aliphatic carbocycles. The number of hydrogen-bond donors (Lipinski definition) is 0. The lowest BCUT2D eigenvalue weighted by atomic mass is 10.4. The zero-order chi connectivity index (χ0) is 8.97. The fourth-order valence-electron chi connectivity index (χ4n) is 0.792. The van der Waals surface area contributed by atoms with Crippen molar-refractivity contribution < 1.29 is 0 Å². The molecule has 1 aromatic heterocycles. The minimum atomic E-state index is 1.11. The van der Waals surface area contributed by atoms with Crippen molar-refractivity contribution >= 4 is 22.4 Å². The molecular weight excluding hydrogens is 168 g/mol. The van der Waals surface area contributed by atoms with E-state index in [1.807, 2.05) is 43.3 Å². The van der Waals surface area contributed by atoms with E-state index in [2.05, 4.69) is 0 Å². The SMILES string of the molecule is CN(C)c1ccc(C=CC#N)s1. The van der Waals surface area contributed by atoms with Gasteiger partial charge in [0, 0.05) is 25.0 Å². The summed E-state index contributed by atoms with van der Waals surface area (Å²) in [5.41, 5.74) is 0. The molecule has 1 rings (SSSR count). The van der Waals surface area contributed by atoms with Crippen LogP contribution in [0.2, 0.25) is 0 Å². The summed E-state index contributed by atoms with van der Waals surface area (Å²) in [5, 5.41) is 9.50. The number of nitrogens with zero attached hydrogens (tertiary/aromatic N) is 2. The average molecular weight is 178 g/mol. The van der Waals surface area contributed by atoms with Crippen LogP contribution in [0.25, 0.3) is 6.08 Å². The van der Waals surface area contributed by atoms with Crippen molar-refractivity contribution in [3.05, 3.63) is 23.1 Å². The van der Waals surface area contributed by atoms with Gasteiger partial charge in [0.05, 0.1) is 11.1 Å². The fourth-order valence-corrected chi connectivity index (χ4v) is 1.62. The maximum Gasteiger partial charge on any atom is 0.0912 e. The molecule has 0 aromatic carbocycles. The van der Waals surface area contributed by atoms with E-state index in [0.29, 0.717) is 0 Å². The lowest BCUT2D eigenvalue weighted by Gasteiger charge is -2.06. The number of hydrogen-bond acceptors (Lipinski definition) is 3. The molecule has 0 saturated heterocycles. The molecular formula is C9H10N2S. The Bertz CT molecular complexity index is 318. The molecule has 0 N–H and O–H groups in total. The van der Waals surface area contributed by atoms with Gasteiger partial charge in [0.25, 0.3) is 0 Å². The summed E-state index contributed by atoms with van der Waals surface area (Å²) in [6, 6.07) is 6.02. The molecule has 1 heterocycles. The highest BCUT2D eigenvalue weighted by Crippen LogP contribution is 2.24. The Hall–Kier alpha value is -1.27. The molecule has 0 aliphatic rings.